The summed E-state index contributed by atoms with van der Waals surface area (Å²) in [5.74, 6) is -0.354. The van der Waals surface area contributed by atoms with Crippen LogP contribution in [0.4, 0.5) is 5.69 Å². The van der Waals surface area contributed by atoms with E-state index in [0.717, 1.165) is 5.56 Å². The van der Waals surface area contributed by atoms with Crippen LogP contribution >= 0.6 is 10.7 Å². The van der Waals surface area contributed by atoms with Crippen LogP contribution in [0.2, 0.25) is 0 Å². The Morgan fingerprint density at radius 3 is 2.48 bits per heavy atom. The summed E-state index contributed by atoms with van der Waals surface area (Å²) >= 11 is 0. The zero-order valence-corrected chi connectivity index (χ0v) is 13.7. The van der Waals surface area contributed by atoms with Gasteiger partial charge in [-0.05, 0) is 31.4 Å². The second-order valence-electron chi connectivity index (χ2n) is 4.98. The molecule has 0 saturated heterocycles. The monoisotopic (exact) mass is 335 g/mol. The number of ether oxygens (including phenoxy) is 1. The standard InChI is InChI=1S/C13H18ClNO5S/c1-4-11(8-21(14,18)19)7-20-13-10(3)5-9(2)6-12(13)15(16)17/h5-6,11H,4,7-8H2,1-3H3. The molecule has 6 nitrogen and oxygen atoms in total. The van der Waals surface area contributed by atoms with E-state index >= 15 is 0 Å². The lowest BCUT2D eigenvalue weighted by molar-refractivity contribution is -0.386. The molecule has 0 heterocycles. The first-order valence-corrected chi connectivity index (χ1v) is 8.92. The van der Waals surface area contributed by atoms with Crippen LogP contribution < -0.4 is 4.74 Å². The number of nitro benzene ring substituents is 1. The lowest BCUT2D eigenvalue weighted by atomic mass is 10.1. The van der Waals surface area contributed by atoms with Crippen molar-refractivity contribution in [3.8, 4) is 5.75 Å². The summed E-state index contributed by atoms with van der Waals surface area (Å²) in [6.45, 7) is 5.35. The molecule has 0 bridgehead atoms. The van der Waals surface area contributed by atoms with Crippen LogP contribution in [0, 0.1) is 29.9 Å². The molecule has 0 radical (unpaired) electrons. The second kappa shape index (κ2) is 7.09. The third-order valence-corrected chi connectivity index (χ3v) is 4.32. The van der Waals surface area contributed by atoms with Gasteiger partial charge >= 0.3 is 5.69 Å². The van der Waals surface area contributed by atoms with E-state index in [-0.39, 0.29) is 29.7 Å². The molecular weight excluding hydrogens is 318 g/mol. The van der Waals surface area contributed by atoms with Crippen LogP contribution in [-0.4, -0.2) is 25.7 Å². The molecule has 0 aliphatic rings. The molecule has 118 valence electrons. The molecule has 0 aromatic heterocycles. The van der Waals surface area contributed by atoms with Crippen LogP contribution in [0.25, 0.3) is 0 Å². The highest BCUT2D eigenvalue weighted by Crippen LogP contribution is 2.32. The smallest absolute Gasteiger partial charge is 0.311 e. The number of aryl methyl sites for hydroxylation is 2. The van der Waals surface area contributed by atoms with Crippen molar-refractivity contribution in [2.45, 2.75) is 27.2 Å². The second-order valence-corrected chi connectivity index (χ2v) is 7.80. The zero-order valence-electron chi connectivity index (χ0n) is 12.1. The third-order valence-electron chi connectivity index (χ3n) is 3.07. The highest BCUT2D eigenvalue weighted by Gasteiger charge is 2.21. The van der Waals surface area contributed by atoms with Crippen molar-refractivity contribution in [1.82, 2.24) is 0 Å². The molecule has 8 heteroatoms. The SMILES string of the molecule is CCC(COc1c(C)cc(C)cc1[N+](=O)[O-])CS(=O)(=O)Cl. The minimum atomic E-state index is -3.62. The van der Waals surface area contributed by atoms with E-state index in [1.54, 1.807) is 19.9 Å². The molecule has 0 amide bonds. The highest BCUT2D eigenvalue weighted by atomic mass is 35.7. The van der Waals surface area contributed by atoms with Gasteiger partial charge < -0.3 is 4.74 Å². The number of benzene rings is 1. The van der Waals surface area contributed by atoms with Crippen molar-refractivity contribution in [2.24, 2.45) is 5.92 Å². The normalized spacial score (nSPS) is 13.0. The minimum Gasteiger partial charge on any atom is -0.486 e. The van der Waals surface area contributed by atoms with Crippen LogP contribution in [-0.2, 0) is 9.05 Å². The number of hydrogen-bond acceptors (Lipinski definition) is 5. The van der Waals surface area contributed by atoms with Gasteiger partial charge in [-0.2, -0.15) is 0 Å². The quantitative estimate of drug-likeness (QED) is 0.434. The maximum atomic E-state index is 11.1. The Hall–Kier alpha value is -1.34. The van der Waals surface area contributed by atoms with Gasteiger partial charge in [0.2, 0.25) is 9.05 Å². The lowest BCUT2D eigenvalue weighted by Gasteiger charge is -2.16. The van der Waals surface area contributed by atoms with Gasteiger partial charge in [0, 0.05) is 22.7 Å². The van der Waals surface area contributed by atoms with Crippen LogP contribution in [0.1, 0.15) is 24.5 Å². The number of halogens is 1. The van der Waals surface area contributed by atoms with Crippen molar-refractivity contribution < 1.29 is 18.1 Å². The van der Waals surface area contributed by atoms with E-state index in [1.165, 1.54) is 6.07 Å². The topological polar surface area (TPSA) is 86.5 Å². The van der Waals surface area contributed by atoms with E-state index < -0.39 is 14.0 Å². The fourth-order valence-corrected chi connectivity index (χ4v) is 3.45. The van der Waals surface area contributed by atoms with Crippen LogP contribution in [0.5, 0.6) is 5.75 Å². The van der Waals surface area contributed by atoms with Gasteiger partial charge in [0.25, 0.3) is 0 Å². The number of hydrogen-bond donors (Lipinski definition) is 0. The largest absolute Gasteiger partial charge is 0.486 e. The predicted octanol–water partition coefficient (Wildman–Crippen LogP) is 3.19. The number of nitrogens with zero attached hydrogens (tertiary/aromatic N) is 1. The maximum absolute atomic E-state index is 11.1. The fraction of sp³-hybridized carbons (Fsp3) is 0.538. The van der Waals surface area contributed by atoms with Gasteiger partial charge in [-0.25, -0.2) is 8.42 Å². The Morgan fingerprint density at radius 1 is 1.38 bits per heavy atom. The Morgan fingerprint density at radius 2 is 2.00 bits per heavy atom. The van der Waals surface area contributed by atoms with Crippen molar-refractivity contribution in [1.29, 1.82) is 0 Å². The molecule has 1 aromatic rings. The zero-order chi connectivity index (χ0) is 16.2. The maximum Gasteiger partial charge on any atom is 0.311 e. The van der Waals surface area contributed by atoms with Gasteiger partial charge in [-0.15, -0.1) is 0 Å². The summed E-state index contributed by atoms with van der Waals surface area (Å²) in [5, 5.41) is 11.1. The van der Waals surface area contributed by atoms with E-state index in [1.807, 2.05) is 6.92 Å². The van der Waals surface area contributed by atoms with Crippen LogP contribution in [0.3, 0.4) is 0 Å². The Kier molecular flexibility index (Phi) is 5.98. The van der Waals surface area contributed by atoms with Gasteiger partial charge in [-0.1, -0.05) is 13.0 Å². The van der Waals surface area contributed by atoms with Gasteiger partial charge in [0.15, 0.2) is 5.75 Å². The van der Waals surface area contributed by atoms with E-state index in [2.05, 4.69) is 0 Å². The first-order valence-electron chi connectivity index (χ1n) is 6.44. The molecule has 1 atom stereocenters. The molecule has 0 saturated carbocycles. The summed E-state index contributed by atoms with van der Waals surface area (Å²) in [7, 11) is 1.61. The lowest BCUT2D eigenvalue weighted by Crippen LogP contribution is -2.19. The molecule has 21 heavy (non-hydrogen) atoms. The first kappa shape index (κ1) is 17.7. The molecule has 0 aliphatic carbocycles. The third kappa shape index (κ3) is 5.51. The summed E-state index contributed by atoms with van der Waals surface area (Å²) in [6, 6.07) is 3.21. The average molecular weight is 336 g/mol. The van der Waals surface area contributed by atoms with Gasteiger partial charge in [0.1, 0.15) is 0 Å². The Balaban J connectivity index is 2.95. The first-order chi connectivity index (χ1) is 9.64. The summed E-state index contributed by atoms with van der Waals surface area (Å²) < 4.78 is 27.7. The van der Waals surface area contributed by atoms with Gasteiger partial charge in [0.05, 0.1) is 17.3 Å². The average Bonchev–Trinajstić information content (AvgIpc) is 2.33. The molecule has 1 rings (SSSR count). The Bertz CT molecular complexity index is 630. The highest BCUT2D eigenvalue weighted by molar-refractivity contribution is 8.13. The van der Waals surface area contributed by atoms with Crippen molar-refractivity contribution in [2.75, 3.05) is 12.4 Å². The van der Waals surface area contributed by atoms with Crippen LogP contribution in [0.15, 0.2) is 12.1 Å². The number of rotatable bonds is 7. The summed E-state index contributed by atoms with van der Waals surface area (Å²) in [5.41, 5.74) is 1.29. The molecule has 1 aromatic carbocycles. The molecule has 0 spiro atoms. The van der Waals surface area contributed by atoms with Crippen molar-refractivity contribution in [3.05, 3.63) is 33.4 Å². The summed E-state index contributed by atoms with van der Waals surface area (Å²) in [4.78, 5) is 10.6. The van der Waals surface area contributed by atoms with Crippen molar-refractivity contribution >= 4 is 25.4 Å². The van der Waals surface area contributed by atoms with Crippen molar-refractivity contribution in [3.63, 3.8) is 0 Å². The van der Waals surface area contributed by atoms with E-state index in [4.69, 9.17) is 15.4 Å². The predicted molar refractivity (Wildman–Crippen MR) is 81.5 cm³/mol. The fourth-order valence-electron chi connectivity index (χ4n) is 2.02. The molecule has 0 N–H and O–H groups in total. The minimum absolute atomic E-state index is 0.0627. The van der Waals surface area contributed by atoms with Gasteiger partial charge in [-0.3, -0.25) is 10.1 Å². The molecule has 1 unspecified atom stereocenters. The Labute approximate surface area is 128 Å². The molecular formula is C13H18ClNO5S. The summed E-state index contributed by atoms with van der Waals surface area (Å²) in [6.07, 6.45) is 0.546. The molecule has 0 fully saturated rings. The van der Waals surface area contributed by atoms with E-state index in [9.17, 15) is 18.5 Å². The molecule has 0 aliphatic heterocycles. The number of nitro groups is 1. The van der Waals surface area contributed by atoms with E-state index in [0.29, 0.717) is 12.0 Å².